The first kappa shape index (κ1) is 17.7. The smallest absolute Gasteiger partial charge is 0.312 e. The minimum Gasteiger partial charge on any atom is -0.481 e. The van der Waals surface area contributed by atoms with Gasteiger partial charge in [0.1, 0.15) is 5.92 Å². The van der Waals surface area contributed by atoms with E-state index in [1.165, 1.54) is 4.90 Å². The van der Waals surface area contributed by atoms with Gasteiger partial charge in [0, 0.05) is 30.8 Å². The predicted molar refractivity (Wildman–Crippen MR) is 97.2 cm³/mol. The maximum Gasteiger partial charge on any atom is 0.312 e. The van der Waals surface area contributed by atoms with Gasteiger partial charge < -0.3 is 15.3 Å². The summed E-state index contributed by atoms with van der Waals surface area (Å²) in [5.41, 5.74) is 1.92. The van der Waals surface area contributed by atoms with Crippen LogP contribution in [0, 0.1) is 0 Å². The highest BCUT2D eigenvalue weighted by atomic mass is 16.4. The van der Waals surface area contributed by atoms with Crippen molar-refractivity contribution in [3.05, 3.63) is 65.7 Å². The number of carboxylic acids is 1. The molecule has 134 valence electrons. The molecule has 1 heterocycles. The minimum atomic E-state index is -0.928. The molecular weight excluding hydrogens is 332 g/mol. The van der Waals surface area contributed by atoms with Crippen LogP contribution in [0.1, 0.15) is 34.7 Å². The Morgan fingerprint density at radius 1 is 1.04 bits per heavy atom. The quantitative estimate of drug-likeness (QED) is 0.782. The van der Waals surface area contributed by atoms with Crippen LogP contribution in [-0.4, -0.2) is 36.0 Å². The van der Waals surface area contributed by atoms with Crippen molar-refractivity contribution in [3.63, 3.8) is 0 Å². The first-order valence-corrected chi connectivity index (χ1v) is 8.53. The van der Waals surface area contributed by atoms with E-state index in [0.29, 0.717) is 29.8 Å². The van der Waals surface area contributed by atoms with Crippen LogP contribution in [0.4, 0.5) is 5.69 Å². The molecule has 6 nitrogen and oxygen atoms in total. The van der Waals surface area contributed by atoms with Crippen LogP contribution in [0.25, 0.3) is 0 Å². The van der Waals surface area contributed by atoms with E-state index < -0.39 is 11.9 Å². The number of aliphatic carboxylic acids is 1. The Kier molecular flexibility index (Phi) is 5.31. The van der Waals surface area contributed by atoms with Gasteiger partial charge in [-0.2, -0.15) is 0 Å². The maximum atomic E-state index is 12.5. The largest absolute Gasteiger partial charge is 0.481 e. The van der Waals surface area contributed by atoms with E-state index in [-0.39, 0.29) is 24.8 Å². The zero-order valence-corrected chi connectivity index (χ0v) is 14.2. The van der Waals surface area contributed by atoms with Gasteiger partial charge in [0.15, 0.2) is 0 Å². The van der Waals surface area contributed by atoms with Gasteiger partial charge in [0.05, 0.1) is 0 Å². The topological polar surface area (TPSA) is 86.7 Å². The molecule has 0 radical (unpaired) electrons. The van der Waals surface area contributed by atoms with E-state index in [4.69, 9.17) is 0 Å². The second kappa shape index (κ2) is 7.82. The lowest BCUT2D eigenvalue weighted by molar-refractivity contribution is -0.138. The van der Waals surface area contributed by atoms with E-state index in [9.17, 15) is 19.5 Å². The van der Waals surface area contributed by atoms with Crippen LogP contribution in [0.2, 0.25) is 0 Å². The molecular formula is C20H20N2O4. The number of para-hydroxylation sites is 1. The summed E-state index contributed by atoms with van der Waals surface area (Å²) in [5.74, 6) is -1.92. The summed E-state index contributed by atoms with van der Waals surface area (Å²) in [5, 5.41) is 12.1. The Labute approximate surface area is 151 Å². The average Bonchev–Trinajstić information content (AvgIpc) is 3.05. The Morgan fingerprint density at radius 3 is 2.46 bits per heavy atom. The first-order chi connectivity index (χ1) is 12.6. The summed E-state index contributed by atoms with van der Waals surface area (Å²) in [6.07, 6.45) is 0.740. The maximum absolute atomic E-state index is 12.5. The van der Waals surface area contributed by atoms with Crippen molar-refractivity contribution < 1.29 is 19.5 Å². The molecule has 0 saturated carbocycles. The summed E-state index contributed by atoms with van der Waals surface area (Å²) in [7, 11) is 0. The second-order valence-corrected chi connectivity index (χ2v) is 6.18. The summed E-state index contributed by atoms with van der Waals surface area (Å²) in [6, 6.07) is 16.0. The number of carbonyl (C=O) groups is 3. The van der Waals surface area contributed by atoms with E-state index in [1.54, 1.807) is 48.5 Å². The fourth-order valence-electron chi connectivity index (χ4n) is 3.12. The van der Waals surface area contributed by atoms with E-state index in [1.807, 2.05) is 6.07 Å². The van der Waals surface area contributed by atoms with E-state index in [0.717, 1.165) is 0 Å². The van der Waals surface area contributed by atoms with Gasteiger partial charge in [-0.25, -0.2) is 0 Å². The summed E-state index contributed by atoms with van der Waals surface area (Å²) >= 11 is 0. The zero-order valence-electron chi connectivity index (χ0n) is 14.2. The standard InChI is InChI=1S/C20H20N2O4/c23-18(11-6-12-21-19(24)14-7-2-1-3-8-14)22-13-16(20(25)26)15-9-4-5-10-17(15)22/h1-5,7-10,16H,6,11-13H2,(H,21,24)(H,25,26). The molecule has 0 fully saturated rings. The molecule has 0 saturated heterocycles. The molecule has 0 spiro atoms. The molecule has 2 amide bonds. The molecule has 6 heteroatoms. The van der Waals surface area contributed by atoms with Gasteiger partial charge in [-0.1, -0.05) is 36.4 Å². The number of amides is 2. The molecule has 2 aromatic rings. The molecule has 0 bridgehead atoms. The fourth-order valence-corrected chi connectivity index (χ4v) is 3.12. The SMILES string of the molecule is O=C(NCCCC(=O)N1CC(C(=O)O)c2ccccc21)c1ccccc1. The number of rotatable bonds is 6. The third-order valence-electron chi connectivity index (χ3n) is 4.46. The average molecular weight is 352 g/mol. The third kappa shape index (κ3) is 3.74. The fraction of sp³-hybridized carbons (Fsp3) is 0.250. The van der Waals surface area contributed by atoms with Crippen LogP contribution < -0.4 is 10.2 Å². The number of anilines is 1. The Morgan fingerprint density at radius 2 is 1.73 bits per heavy atom. The number of fused-ring (bicyclic) bond motifs is 1. The predicted octanol–water partition coefficient (Wildman–Crippen LogP) is 2.41. The van der Waals surface area contributed by atoms with Crippen LogP contribution in [-0.2, 0) is 9.59 Å². The van der Waals surface area contributed by atoms with Gasteiger partial charge in [-0.05, 0) is 30.2 Å². The number of carbonyl (C=O) groups excluding carboxylic acids is 2. The highest BCUT2D eigenvalue weighted by Gasteiger charge is 2.35. The van der Waals surface area contributed by atoms with E-state index in [2.05, 4.69) is 5.32 Å². The zero-order chi connectivity index (χ0) is 18.5. The molecule has 0 aliphatic carbocycles. The number of carboxylic acid groups (broad SMARTS) is 1. The third-order valence-corrected chi connectivity index (χ3v) is 4.46. The molecule has 26 heavy (non-hydrogen) atoms. The summed E-state index contributed by atoms with van der Waals surface area (Å²) in [6.45, 7) is 0.543. The molecule has 1 unspecified atom stereocenters. The lowest BCUT2D eigenvalue weighted by Gasteiger charge is -2.17. The van der Waals surface area contributed by atoms with E-state index >= 15 is 0 Å². The number of hydrogen-bond acceptors (Lipinski definition) is 3. The Balaban J connectivity index is 1.53. The molecule has 3 rings (SSSR count). The van der Waals surface area contributed by atoms with Gasteiger partial charge in [-0.3, -0.25) is 14.4 Å². The summed E-state index contributed by atoms with van der Waals surface area (Å²) < 4.78 is 0. The lowest BCUT2D eigenvalue weighted by atomic mass is 10.0. The van der Waals surface area contributed by atoms with Crippen molar-refractivity contribution in [2.75, 3.05) is 18.0 Å². The molecule has 1 atom stereocenters. The second-order valence-electron chi connectivity index (χ2n) is 6.18. The van der Waals surface area contributed by atoms with Crippen molar-refractivity contribution in [2.24, 2.45) is 0 Å². The molecule has 1 aliphatic heterocycles. The number of benzene rings is 2. The van der Waals surface area contributed by atoms with Crippen molar-refractivity contribution >= 4 is 23.5 Å². The highest BCUT2D eigenvalue weighted by Crippen LogP contribution is 2.36. The monoisotopic (exact) mass is 352 g/mol. The minimum absolute atomic E-state index is 0.129. The molecule has 1 aliphatic rings. The van der Waals surface area contributed by atoms with Gasteiger partial charge >= 0.3 is 5.97 Å². The molecule has 2 aromatic carbocycles. The van der Waals surface area contributed by atoms with Crippen LogP contribution in [0.5, 0.6) is 0 Å². The van der Waals surface area contributed by atoms with Crippen LogP contribution in [0.3, 0.4) is 0 Å². The van der Waals surface area contributed by atoms with Crippen molar-refractivity contribution in [1.82, 2.24) is 5.32 Å². The lowest BCUT2D eigenvalue weighted by Crippen LogP contribution is -2.32. The van der Waals surface area contributed by atoms with Gasteiger partial charge in [0.2, 0.25) is 5.91 Å². The van der Waals surface area contributed by atoms with Crippen molar-refractivity contribution in [3.8, 4) is 0 Å². The first-order valence-electron chi connectivity index (χ1n) is 8.53. The number of nitrogens with zero attached hydrogens (tertiary/aromatic N) is 1. The van der Waals surface area contributed by atoms with Crippen LogP contribution >= 0.6 is 0 Å². The van der Waals surface area contributed by atoms with Crippen molar-refractivity contribution in [1.29, 1.82) is 0 Å². The normalized spacial score (nSPS) is 15.4. The van der Waals surface area contributed by atoms with Gasteiger partial charge in [0.25, 0.3) is 5.91 Å². The molecule has 0 aromatic heterocycles. The van der Waals surface area contributed by atoms with Crippen molar-refractivity contribution in [2.45, 2.75) is 18.8 Å². The molecule has 2 N–H and O–H groups in total. The number of hydrogen-bond donors (Lipinski definition) is 2. The van der Waals surface area contributed by atoms with Crippen LogP contribution in [0.15, 0.2) is 54.6 Å². The Bertz CT molecular complexity index is 820. The summed E-state index contributed by atoms with van der Waals surface area (Å²) in [4.78, 5) is 37.4. The number of nitrogens with one attached hydrogen (secondary N) is 1. The van der Waals surface area contributed by atoms with Gasteiger partial charge in [-0.15, -0.1) is 0 Å². The highest BCUT2D eigenvalue weighted by molar-refractivity contribution is 5.99. The Hall–Kier alpha value is -3.15.